The summed E-state index contributed by atoms with van der Waals surface area (Å²) in [7, 11) is -6.66. The molecule has 3 atom stereocenters. The molecular formula is C28H31Cl2N3O7S2. The van der Waals surface area contributed by atoms with Crippen LogP contribution in [0.2, 0.25) is 10.0 Å². The molecule has 0 aliphatic carbocycles. The molecule has 1 heterocycles. The highest BCUT2D eigenvalue weighted by molar-refractivity contribution is 7.92. The third-order valence-electron chi connectivity index (χ3n) is 7.02. The summed E-state index contributed by atoms with van der Waals surface area (Å²) in [5, 5.41) is 10.6. The number of hydrogen-bond donors (Lipinski definition) is 2. The molecule has 0 radical (unpaired) electrons. The summed E-state index contributed by atoms with van der Waals surface area (Å²) in [5.74, 6) is -0.949. The molecule has 226 valence electrons. The van der Waals surface area contributed by atoms with E-state index in [9.17, 15) is 26.7 Å². The minimum absolute atomic E-state index is 0.00490. The van der Waals surface area contributed by atoms with E-state index in [2.05, 4.69) is 4.72 Å². The second kappa shape index (κ2) is 12.8. The van der Waals surface area contributed by atoms with Crippen molar-refractivity contribution in [3.63, 3.8) is 0 Å². The average Bonchev–Trinajstić information content (AvgIpc) is 2.95. The summed E-state index contributed by atoms with van der Waals surface area (Å²) in [6, 6.07) is 15.2. The van der Waals surface area contributed by atoms with Crippen LogP contribution in [0.25, 0.3) is 0 Å². The van der Waals surface area contributed by atoms with Crippen molar-refractivity contribution in [1.82, 2.24) is 9.21 Å². The smallest absolute Gasteiger partial charge is 0.262 e. The van der Waals surface area contributed by atoms with Crippen LogP contribution in [0, 0.1) is 5.92 Å². The van der Waals surface area contributed by atoms with Crippen molar-refractivity contribution in [3.8, 4) is 5.75 Å². The molecule has 0 saturated carbocycles. The quantitative estimate of drug-likeness (QED) is 0.350. The van der Waals surface area contributed by atoms with Gasteiger partial charge in [-0.1, -0.05) is 36.2 Å². The molecule has 2 N–H and O–H groups in total. The second-order valence-electron chi connectivity index (χ2n) is 10.1. The molecule has 4 rings (SSSR count). The van der Waals surface area contributed by atoms with Gasteiger partial charge in [0.1, 0.15) is 6.10 Å². The largest absolute Gasteiger partial charge is 0.486 e. The van der Waals surface area contributed by atoms with Crippen molar-refractivity contribution in [3.05, 3.63) is 82.3 Å². The van der Waals surface area contributed by atoms with Crippen molar-refractivity contribution in [2.45, 2.75) is 35.8 Å². The molecule has 10 nitrogen and oxygen atoms in total. The van der Waals surface area contributed by atoms with Crippen LogP contribution in [-0.4, -0.2) is 75.9 Å². The van der Waals surface area contributed by atoms with Crippen LogP contribution in [0.15, 0.2) is 76.5 Å². The predicted octanol–water partition coefficient (Wildman–Crippen LogP) is 4.34. The lowest BCUT2D eigenvalue weighted by Gasteiger charge is -2.38. The van der Waals surface area contributed by atoms with Crippen molar-refractivity contribution in [1.29, 1.82) is 0 Å². The highest BCUT2D eigenvalue weighted by Crippen LogP contribution is 2.36. The maximum absolute atomic E-state index is 13.7. The minimum Gasteiger partial charge on any atom is -0.486 e. The number of likely N-dealkylation sites (N-methyl/N-ethyl adjacent to an activating group) is 1. The molecule has 0 fully saturated rings. The van der Waals surface area contributed by atoms with E-state index in [0.29, 0.717) is 10.0 Å². The van der Waals surface area contributed by atoms with Gasteiger partial charge in [0.2, 0.25) is 10.0 Å². The summed E-state index contributed by atoms with van der Waals surface area (Å²) >= 11 is 11.9. The van der Waals surface area contributed by atoms with Gasteiger partial charge in [0.25, 0.3) is 15.9 Å². The van der Waals surface area contributed by atoms with Gasteiger partial charge in [0, 0.05) is 29.6 Å². The molecule has 0 unspecified atom stereocenters. The molecular weight excluding hydrogens is 625 g/mol. The maximum atomic E-state index is 13.7. The first-order valence-electron chi connectivity index (χ1n) is 13.0. The van der Waals surface area contributed by atoms with Gasteiger partial charge < -0.3 is 14.7 Å². The van der Waals surface area contributed by atoms with Gasteiger partial charge >= 0.3 is 0 Å². The molecule has 3 aromatic carbocycles. The fraction of sp³-hybridized carbons (Fsp3) is 0.321. The summed E-state index contributed by atoms with van der Waals surface area (Å²) in [4.78, 5) is 15.1. The number of carbonyl (C=O) groups is 1. The summed E-state index contributed by atoms with van der Waals surface area (Å²) < 4.78 is 63.2. The lowest BCUT2D eigenvalue weighted by Crippen LogP contribution is -2.50. The average molecular weight is 657 g/mol. The zero-order chi connectivity index (χ0) is 30.8. The Labute approximate surface area is 255 Å². The van der Waals surface area contributed by atoms with Crippen molar-refractivity contribution in [2.24, 2.45) is 5.92 Å². The number of nitrogens with zero attached hydrogens (tertiary/aromatic N) is 2. The first kappa shape index (κ1) is 32.1. The zero-order valence-electron chi connectivity index (χ0n) is 23.1. The van der Waals surface area contributed by atoms with Gasteiger partial charge in [-0.2, -0.15) is 4.31 Å². The van der Waals surface area contributed by atoms with E-state index >= 15 is 0 Å². The highest BCUT2D eigenvalue weighted by Gasteiger charge is 2.36. The lowest BCUT2D eigenvalue weighted by atomic mass is 9.99. The Morgan fingerprint density at radius 2 is 1.57 bits per heavy atom. The Balaban J connectivity index is 1.76. The molecule has 0 saturated heterocycles. The second-order valence-corrected chi connectivity index (χ2v) is 14.7. The number of para-hydroxylation sites is 1. The number of carbonyl (C=O) groups excluding carboxylic acids is 1. The lowest BCUT2D eigenvalue weighted by molar-refractivity contribution is 0.0389. The van der Waals surface area contributed by atoms with Gasteiger partial charge in [-0.25, -0.2) is 16.8 Å². The summed E-state index contributed by atoms with van der Waals surface area (Å²) in [5.41, 5.74) is 0.0569. The van der Waals surface area contributed by atoms with E-state index < -0.39 is 44.0 Å². The number of aliphatic hydroxyl groups excluding tert-OH is 1. The molecule has 1 aliphatic heterocycles. The molecule has 0 spiro atoms. The van der Waals surface area contributed by atoms with Gasteiger partial charge in [-0.15, -0.1) is 0 Å². The number of halogens is 2. The van der Waals surface area contributed by atoms with Crippen LogP contribution in [0.3, 0.4) is 0 Å². The van der Waals surface area contributed by atoms with E-state index in [1.165, 1.54) is 78.7 Å². The number of nitrogens with one attached hydrogen (secondary N) is 1. The zero-order valence-corrected chi connectivity index (χ0v) is 26.2. The third kappa shape index (κ3) is 6.85. The van der Waals surface area contributed by atoms with E-state index in [4.69, 9.17) is 27.9 Å². The van der Waals surface area contributed by atoms with Crippen LogP contribution in [0.1, 0.15) is 24.2 Å². The topological polar surface area (TPSA) is 133 Å². The number of benzene rings is 3. The number of anilines is 1. The number of amides is 1. The first-order chi connectivity index (χ1) is 19.7. The fourth-order valence-corrected chi connectivity index (χ4v) is 6.99. The van der Waals surface area contributed by atoms with Gasteiger partial charge in [-0.05, 0) is 67.6 Å². The number of rotatable bonds is 9. The van der Waals surface area contributed by atoms with Crippen molar-refractivity contribution >= 4 is 54.8 Å². The molecule has 1 amide bonds. The van der Waals surface area contributed by atoms with E-state index in [1.54, 1.807) is 13.8 Å². The van der Waals surface area contributed by atoms with Crippen molar-refractivity contribution in [2.75, 3.05) is 31.5 Å². The standard InChI is InChI=1S/C28H31Cl2N3O7S2/c1-18-15-33(19(2)17-34)28(35)24-5-4-6-25(31-41(36,37)22-11-7-20(29)8-12-22)27(24)40-26(18)16-32(3)42(38,39)23-13-9-21(30)10-14-23/h4-14,18-19,26,31,34H,15-17H2,1-3H3/t18-,19+,26-/m0/s1. The Morgan fingerprint density at radius 3 is 2.14 bits per heavy atom. The number of sulfonamides is 2. The Hall–Kier alpha value is -2.87. The number of ether oxygens (including phenoxy) is 1. The normalized spacial score (nSPS) is 18.5. The fourth-order valence-electron chi connectivity index (χ4n) is 4.50. The number of hydrogen-bond acceptors (Lipinski definition) is 7. The molecule has 0 bridgehead atoms. The molecule has 3 aromatic rings. The van der Waals surface area contributed by atoms with Crippen LogP contribution < -0.4 is 9.46 Å². The SMILES string of the molecule is C[C@H](CO)N1C[C@H](C)[C@H](CN(C)S(=O)(=O)c2ccc(Cl)cc2)Oc2c(NS(=O)(=O)c3ccc(Cl)cc3)cccc2C1=O. The van der Waals surface area contributed by atoms with Gasteiger partial charge in [0.15, 0.2) is 5.75 Å². The summed E-state index contributed by atoms with van der Waals surface area (Å²) in [6.45, 7) is 3.20. The molecule has 14 heteroatoms. The van der Waals surface area contributed by atoms with Crippen molar-refractivity contribution < 1.29 is 31.5 Å². The van der Waals surface area contributed by atoms with Crippen LogP contribution in [0.5, 0.6) is 5.75 Å². The van der Waals surface area contributed by atoms with Crippen LogP contribution in [-0.2, 0) is 20.0 Å². The van der Waals surface area contributed by atoms with Crippen LogP contribution >= 0.6 is 23.2 Å². The van der Waals surface area contributed by atoms with E-state index in [1.807, 2.05) is 0 Å². The number of aliphatic hydroxyl groups is 1. The Bertz CT molecular complexity index is 1650. The first-order valence-corrected chi connectivity index (χ1v) is 16.6. The molecule has 1 aliphatic rings. The summed E-state index contributed by atoms with van der Waals surface area (Å²) in [6.07, 6.45) is -0.821. The molecule has 42 heavy (non-hydrogen) atoms. The Morgan fingerprint density at radius 1 is 1.00 bits per heavy atom. The van der Waals surface area contributed by atoms with Crippen LogP contribution in [0.4, 0.5) is 5.69 Å². The number of fused-ring (bicyclic) bond motifs is 1. The molecule has 0 aromatic heterocycles. The van der Waals surface area contributed by atoms with Gasteiger partial charge in [-0.3, -0.25) is 9.52 Å². The van der Waals surface area contributed by atoms with E-state index in [0.717, 1.165) is 4.31 Å². The Kier molecular flexibility index (Phi) is 9.75. The third-order valence-corrected chi connectivity index (χ3v) is 10.7. The predicted molar refractivity (Wildman–Crippen MR) is 161 cm³/mol. The maximum Gasteiger partial charge on any atom is 0.262 e. The highest BCUT2D eigenvalue weighted by atomic mass is 35.5. The minimum atomic E-state index is -4.12. The van der Waals surface area contributed by atoms with E-state index in [-0.39, 0.29) is 46.5 Å². The monoisotopic (exact) mass is 655 g/mol. The van der Waals surface area contributed by atoms with Gasteiger partial charge in [0.05, 0.1) is 40.2 Å².